The van der Waals surface area contributed by atoms with Crippen LogP contribution in [0.5, 0.6) is 0 Å². The number of carbonyl (C=O) groups is 2. The monoisotopic (exact) mass is 468 g/mol. The fourth-order valence-electron chi connectivity index (χ4n) is 3.48. The van der Waals surface area contributed by atoms with Crippen LogP contribution in [0.15, 0.2) is 30.3 Å². The highest BCUT2D eigenvalue weighted by Gasteiger charge is 2.30. The third kappa shape index (κ3) is 9.87. The van der Waals surface area contributed by atoms with Crippen LogP contribution < -0.4 is 16.4 Å². The number of nitrogens with zero attached hydrogens (tertiary/aromatic N) is 1. The molecule has 1 rings (SSSR count). The number of nitrogens with two attached hydrogens (primary N) is 1. The standard InChI is InChI=1S/C23H40N4O4S/c1-4-16(2)20(25-13-18(24)15-32)14-27(3)21(12-17-8-6-5-7-9-17)22(29)26-19(10-11-28)23(30)31/h5-9,16,18-21,25,28,32H,4,10-15,24H2,1-3H3,(H,26,29)(H,30,31)/t16-,18+,19-,20+,21-/m0/s1. The number of hydrogen-bond donors (Lipinski definition) is 6. The zero-order chi connectivity index (χ0) is 24.1. The molecule has 0 heterocycles. The second-order valence-electron chi connectivity index (χ2n) is 8.40. The fourth-order valence-corrected chi connectivity index (χ4v) is 3.60. The summed E-state index contributed by atoms with van der Waals surface area (Å²) in [7, 11) is 1.88. The van der Waals surface area contributed by atoms with Crippen molar-refractivity contribution in [2.24, 2.45) is 11.7 Å². The molecule has 0 unspecified atom stereocenters. The van der Waals surface area contributed by atoms with E-state index in [4.69, 9.17) is 10.8 Å². The van der Waals surface area contributed by atoms with Gasteiger partial charge in [0.05, 0.1) is 6.04 Å². The van der Waals surface area contributed by atoms with E-state index < -0.39 is 18.1 Å². The van der Waals surface area contributed by atoms with Gasteiger partial charge in [-0.15, -0.1) is 0 Å². The van der Waals surface area contributed by atoms with E-state index in [0.717, 1.165) is 12.0 Å². The number of likely N-dealkylation sites (N-methyl/N-ethyl adjacent to an activating group) is 1. The molecule has 0 saturated heterocycles. The summed E-state index contributed by atoms with van der Waals surface area (Å²) in [6.45, 7) is 5.18. The summed E-state index contributed by atoms with van der Waals surface area (Å²) in [5.74, 6) is -0.594. The number of nitrogens with one attached hydrogen (secondary N) is 2. The summed E-state index contributed by atoms with van der Waals surface area (Å²) in [6.07, 6.45) is 1.37. The molecule has 0 aliphatic heterocycles. The van der Waals surface area contributed by atoms with Gasteiger partial charge < -0.3 is 26.6 Å². The highest BCUT2D eigenvalue weighted by Crippen LogP contribution is 2.14. The number of amides is 1. The Morgan fingerprint density at radius 2 is 1.91 bits per heavy atom. The van der Waals surface area contributed by atoms with Gasteiger partial charge in [-0.3, -0.25) is 9.69 Å². The quantitative estimate of drug-likeness (QED) is 0.198. The molecule has 5 atom stereocenters. The number of benzene rings is 1. The van der Waals surface area contributed by atoms with E-state index in [-0.39, 0.29) is 31.0 Å². The molecule has 9 heteroatoms. The lowest BCUT2D eigenvalue weighted by Gasteiger charge is -2.34. The first-order valence-corrected chi connectivity index (χ1v) is 11.8. The lowest BCUT2D eigenvalue weighted by atomic mass is 9.96. The van der Waals surface area contributed by atoms with Gasteiger partial charge in [0.15, 0.2) is 0 Å². The van der Waals surface area contributed by atoms with Gasteiger partial charge in [0.1, 0.15) is 6.04 Å². The molecular formula is C23H40N4O4S. The number of hydrogen-bond acceptors (Lipinski definition) is 7. The summed E-state index contributed by atoms with van der Waals surface area (Å²) in [5.41, 5.74) is 7.01. The van der Waals surface area contributed by atoms with Crippen LogP contribution in [0.3, 0.4) is 0 Å². The van der Waals surface area contributed by atoms with E-state index >= 15 is 0 Å². The van der Waals surface area contributed by atoms with Gasteiger partial charge in [-0.25, -0.2) is 4.79 Å². The summed E-state index contributed by atoms with van der Waals surface area (Å²) in [6, 6.07) is 8.00. The Hall–Kier alpha value is -1.65. The Bertz CT molecular complexity index is 679. The van der Waals surface area contributed by atoms with E-state index in [1.807, 2.05) is 42.3 Å². The minimum Gasteiger partial charge on any atom is -0.480 e. The number of rotatable bonds is 16. The first-order chi connectivity index (χ1) is 15.2. The van der Waals surface area contributed by atoms with Crippen LogP contribution in [0.4, 0.5) is 0 Å². The minimum atomic E-state index is -1.16. The second kappa shape index (κ2) is 15.2. The second-order valence-corrected chi connectivity index (χ2v) is 8.76. The van der Waals surface area contributed by atoms with Crippen molar-refractivity contribution in [1.29, 1.82) is 0 Å². The molecular weight excluding hydrogens is 428 g/mol. The van der Waals surface area contributed by atoms with Crippen molar-refractivity contribution in [2.45, 2.75) is 57.3 Å². The van der Waals surface area contributed by atoms with Crippen molar-refractivity contribution in [1.82, 2.24) is 15.5 Å². The van der Waals surface area contributed by atoms with E-state index in [1.54, 1.807) is 0 Å². The lowest BCUT2D eigenvalue weighted by Crippen LogP contribution is -2.55. The van der Waals surface area contributed by atoms with E-state index in [1.165, 1.54) is 0 Å². The Labute approximate surface area is 197 Å². The number of carbonyl (C=O) groups excluding carboxylic acids is 1. The molecule has 0 aliphatic carbocycles. The molecule has 182 valence electrons. The largest absolute Gasteiger partial charge is 0.480 e. The van der Waals surface area contributed by atoms with Crippen molar-refractivity contribution in [3.63, 3.8) is 0 Å². The average Bonchev–Trinajstić information content (AvgIpc) is 2.79. The van der Waals surface area contributed by atoms with Gasteiger partial charge in [-0.1, -0.05) is 50.6 Å². The zero-order valence-corrected chi connectivity index (χ0v) is 20.3. The molecule has 0 fully saturated rings. The van der Waals surface area contributed by atoms with Crippen molar-refractivity contribution in [3.8, 4) is 0 Å². The number of carboxylic acids is 1. The SMILES string of the molecule is CC[C@H](C)[C@@H](CN(C)[C@@H](Cc1ccccc1)C(=O)N[C@@H](CCO)C(=O)O)NC[C@@H](N)CS. The average molecular weight is 469 g/mol. The summed E-state index contributed by atoms with van der Waals surface area (Å²) in [5, 5.41) is 24.7. The predicted octanol–water partition coefficient (Wildman–Crippen LogP) is 0.743. The van der Waals surface area contributed by atoms with E-state index in [9.17, 15) is 14.7 Å². The molecule has 32 heavy (non-hydrogen) atoms. The Balaban J connectivity index is 3.04. The van der Waals surface area contributed by atoms with Gasteiger partial charge in [0.2, 0.25) is 5.91 Å². The highest BCUT2D eigenvalue weighted by molar-refractivity contribution is 7.80. The van der Waals surface area contributed by atoms with E-state index in [2.05, 4.69) is 37.1 Å². The van der Waals surface area contributed by atoms with Gasteiger partial charge >= 0.3 is 5.97 Å². The predicted molar refractivity (Wildman–Crippen MR) is 131 cm³/mol. The third-order valence-corrected chi connectivity index (χ3v) is 6.30. The molecule has 0 spiro atoms. The van der Waals surface area contributed by atoms with Crippen LogP contribution in [-0.4, -0.2) is 83.7 Å². The van der Waals surface area contributed by atoms with Gasteiger partial charge in [0, 0.05) is 44.0 Å². The van der Waals surface area contributed by atoms with Crippen LogP contribution in [0.25, 0.3) is 0 Å². The third-order valence-electron chi connectivity index (χ3n) is 5.83. The molecule has 0 bridgehead atoms. The number of carboxylic acid groups (broad SMARTS) is 1. The van der Waals surface area contributed by atoms with Gasteiger partial charge in [0.25, 0.3) is 0 Å². The number of aliphatic carboxylic acids is 1. The Morgan fingerprint density at radius 3 is 2.44 bits per heavy atom. The van der Waals surface area contributed by atoms with Crippen molar-refractivity contribution in [2.75, 3.05) is 32.5 Å². The summed E-state index contributed by atoms with van der Waals surface area (Å²) >= 11 is 4.25. The van der Waals surface area contributed by atoms with Crippen molar-refractivity contribution in [3.05, 3.63) is 35.9 Å². The zero-order valence-electron chi connectivity index (χ0n) is 19.4. The lowest BCUT2D eigenvalue weighted by molar-refractivity contribution is -0.143. The fraction of sp³-hybridized carbons (Fsp3) is 0.652. The van der Waals surface area contributed by atoms with Crippen LogP contribution in [0.1, 0.15) is 32.3 Å². The molecule has 0 radical (unpaired) electrons. The smallest absolute Gasteiger partial charge is 0.326 e. The van der Waals surface area contributed by atoms with Gasteiger partial charge in [-0.05, 0) is 24.9 Å². The Kier molecular flexibility index (Phi) is 13.5. The highest BCUT2D eigenvalue weighted by atomic mass is 32.1. The van der Waals surface area contributed by atoms with Gasteiger partial charge in [-0.2, -0.15) is 12.6 Å². The van der Waals surface area contributed by atoms with Crippen molar-refractivity contribution < 1.29 is 19.8 Å². The maximum absolute atomic E-state index is 13.2. The molecule has 0 saturated carbocycles. The van der Waals surface area contributed by atoms with Crippen LogP contribution >= 0.6 is 12.6 Å². The molecule has 6 N–H and O–H groups in total. The van der Waals surface area contributed by atoms with Crippen molar-refractivity contribution >= 4 is 24.5 Å². The molecule has 0 aliphatic rings. The first kappa shape index (κ1) is 28.4. The van der Waals surface area contributed by atoms with Crippen LogP contribution in [0, 0.1) is 5.92 Å². The minimum absolute atomic E-state index is 0.0402. The summed E-state index contributed by atoms with van der Waals surface area (Å²) < 4.78 is 0. The molecule has 0 aromatic heterocycles. The number of aliphatic hydroxyl groups is 1. The number of aliphatic hydroxyl groups excluding tert-OH is 1. The number of thiol groups is 1. The van der Waals surface area contributed by atoms with Crippen LogP contribution in [0.2, 0.25) is 0 Å². The molecule has 1 aromatic carbocycles. The van der Waals surface area contributed by atoms with Crippen LogP contribution in [-0.2, 0) is 16.0 Å². The Morgan fingerprint density at radius 1 is 1.25 bits per heavy atom. The topological polar surface area (TPSA) is 128 Å². The maximum Gasteiger partial charge on any atom is 0.326 e. The maximum atomic E-state index is 13.2. The molecule has 1 aromatic rings. The summed E-state index contributed by atoms with van der Waals surface area (Å²) in [4.78, 5) is 26.6. The molecule has 8 nitrogen and oxygen atoms in total. The first-order valence-electron chi connectivity index (χ1n) is 11.2. The normalized spacial score (nSPS) is 16.2. The molecule has 1 amide bonds. The van der Waals surface area contributed by atoms with E-state index in [0.29, 0.717) is 31.2 Å².